The number of amides is 1. The minimum absolute atomic E-state index is 0.0652. The molecule has 0 spiro atoms. The van der Waals surface area contributed by atoms with Gasteiger partial charge in [0, 0.05) is 28.4 Å². The number of rotatable bonds is 4. The van der Waals surface area contributed by atoms with Crippen LogP contribution in [0.4, 0.5) is 10.1 Å². The van der Waals surface area contributed by atoms with Gasteiger partial charge >= 0.3 is 0 Å². The molecule has 3 aromatic rings. The molecule has 0 aliphatic rings. The number of nitrogens with one attached hydrogen (secondary N) is 2. The lowest BCUT2D eigenvalue weighted by Gasteiger charge is -2.07. The highest BCUT2D eigenvalue weighted by atomic mass is 19.1. The SMILES string of the molecule is C[C@H](O)CC(=O)Nc1ccc(-c2c[nH]c3cc(F)ccc23)cc1. The molecule has 5 heteroatoms. The van der Waals surface area contributed by atoms with E-state index in [-0.39, 0.29) is 18.1 Å². The smallest absolute Gasteiger partial charge is 0.226 e. The maximum atomic E-state index is 13.2. The summed E-state index contributed by atoms with van der Waals surface area (Å²) in [6, 6.07) is 12.0. The Hall–Kier alpha value is -2.66. The molecule has 1 amide bonds. The fraction of sp³-hybridized carbons (Fsp3) is 0.167. The predicted molar refractivity (Wildman–Crippen MR) is 88.6 cm³/mol. The molecule has 3 N–H and O–H groups in total. The number of carbonyl (C=O) groups is 1. The van der Waals surface area contributed by atoms with Crippen LogP contribution in [0.25, 0.3) is 22.0 Å². The fourth-order valence-corrected chi connectivity index (χ4v) is 2.55. The van der Waals surface area contributed by atoms with E-state index in [0.29, 0.717) is 5.69 Å². The van der Waals surface area contributed by atoms with E-state index in [1.165, 1.54) is 12.1 Å². The van der Waals surface area contributed by atoms with E-state index >= 15 is 0 Å². The molecule has 3 rings (SSSR count). The predicted octanol–water partition coefficient (Wildman–Crippen LogP) is 3.68. The first kappa shape index (κ1) is 15.2. The molecule has 1 atom stereocenters. The van der Waals surface area contributed by atoms with Gasteiger partial charge in [0.25, 0.3) is 0 Å². The third-order valence-corrected chi connectivity index (χ3v) is 3.60. The molecule has 23 heavy (non-hydrogen) atoms. The summed E-state index contributed by atoms with van der Waals surface area (Å²) in [5.74, 6) is -0.502. The zero-order valence-corrected chi connectivity index (χ0v) is 12.6. The second-order valence-electron chi connectivity index (χ2n) is 5.57. The zero-order chi connectivity index (χ0) is 16.4. The molecule has 0 radical (unpaired) electrons. The van der Waals surface area contributed by atoms with Gasteiger partial charge in [-0.3, -0.25) is 4.79 Å². The second kappa shape index (κ2) is 6.22. The standard InChI is InChI=1S/C18H17FN2O2/c1-11(22)8-18(23)21-14-5-2-12(3-6-14)16-10-20-17-9-13(19)4-7-15(16)17/h2-7,9-11,20,22H,8H2,1H3,(H,21,23)/t11-/m0/s1. The van der Waals surface area contributed by atoms with Crippen LogP contribution in [0.2, 0.25) is 0 Å². The number of anilines is 1. The van der Waals surface area contributed by atoms with Gasteiger partial charge in [-0.05, 0) is 42.8 Å². The lowest BCUT2D eigenvalue weighted by Crippen LogP contribution is -2.17. The third kappa shape index (κ3) is 3.40. The summed E-state index contributed by atoms with van der Waals surface area (Å²) in [6.07, 6.45) is 1.24. The average molecular weight is 312 g/mol. The number of hydrogen-bond acceptors (Lipinski definition) is 2. The van der Waals surface area contributed by atoms with Crippen molar-refractivity contribution in [1.29, 1.82) is 0 Å². The molecule has 0 aliphatic heterocycles. The Morgan fingerprint density at radius 2 is 2.00 bits per heavy atom. The first-order chi connectivity index (χ1) is 11.0. The van der Waals surface area contributed by atoms with Gasteiger partial charge in [0.15, 0.2) is 0 Å². The van der Waals surface area contributed by atoms with E-state index in [1.54, 1.807) is 25.1 Å². The number of fused-ring (bicyclic) bond motifs is 1. The number of carbonyl (C=O) groups excluding carboxylic acids is 1. The van der Waals surface area contributed by atoms with Crippen molar-refractivity contribution in [1.82, 2.24) is 4.98 Å². The monoisotopic (exact) mass is 312 g/mol. The van der Waals surface area contributed by atoms with Gasteiger partial charge in [-0.2, -0.15) is 0 Å². The summed E-state index contributed by atoms with van der Waals surface area (Å²) in [5.41, 5.74) is 3.36. The van der Waals surface area contributed by atoms with Crippen molar-refractivity contribution < 1.29 is 14.3 Å². The Balaban J connectivity index is 1.82. The van der Waals surface area contributed by atoms with Crippen LogP contribution in [0, 0.1) is 5.82 Å². The van der Waals surface area contributed by atoms with Gasteiger partial charge < -0.3 is 15.4 Å². The minimum Gasteiger partial charge on any atom is -0.393 e. The number of hydrogen-bond donors (Lipinski definition) is 3. The van der Waals surface area contributed by atoms with Crippen molar-refractivity contribution in [3.05, 3.63) is 54.5 Å². The number of halogens is 1. The number of benzene rings is 2. The molecule has 4 nitrogen and oxygen atoms in total. The van der Waals surface area contributed by atoms with Crippen molar-refractivity contribution in [3.8, 4) is 11.1 Å². The van der Waals surface area contributed by atoms with Crippen molar-refractivity contribution >= 4 is 22.5 Å². The van der Waals surface area contributed by atoms with Crippen LogP contribution in [-0.4, -0.2) is 22.1 Å². The van der Waals surface area contributed by atoms with Crippen molar-refractivity contribution in [2.45, 2.75) is 19.4 Å². The summed E-state index contributed by atoms with van der Waals surface area (Å²) in [7, 11) is 0. The first-order valence-electron chi connectivity index (χ1n) is 7.38. The van der Waals surface area contributed by atoms with Crippen molar-refractivity contribution in [2.75, 3.05) is 5.32 Å². The topological polar surface area (TPSA) is 65.1 Å². The van der Waals surface area contributed by atoms with E-state index in [1.807, 2.05) is 18.3 Å². The Morgan fingerprint density at radius 1 is 1.26 bits per heavy atom. The Morgan fingerprint density at radius 3 is 2.70 bits per heavy atom. The number of aliphatic hydroxyl groups is 1. The number of aromatic nitrogens is 1. The second-order valence-corrected chi connectivity index (χ2v) is 5.57. The molecule has 0 saturated heterocycles. The highest BCUT2D eigenvalue weighted by Crippen LogP contribution is 2.29. The third-order valence-electron chi connectivity index (χ3n) is 3.60. The normalized spacial score (nSPS) is 12.3. The van der Waals surface area contributed by atoms with E-state index in [2.05, 4.69) is 10.3 Å². The summed E-state index contributed by atoms with van der Waals surface area (Å²) in [6.45, 7) is 1.57. The van der Waals surface area contributed by atoms with Gasteiger partial charge in [-0.1, -0.05) is 12.1 Å². The van der Waals surface area contributed by atoms with Crippen LogP contribution >= 0.6 is 0 Å². The molecule has 0 aliphatic carbocycles. The Bertz CT molecular complexity index is 838. The van der Waals surface area contributed by atoms with Gasteiger partial charge in [0.2, 0.25) is 5.91 Å². The molecule has 0 unspecified atom stereocenters. The summed E-state index contributed by atoms with van der Waals surface area (Å²) < 4.78 is 13.2. The van der Waals surface area contributed by atoms with Gasteiger partial charge in [0.1, 0.15) is 5.82 Å². The summed E-state index contributed by atoms with van der Waals surface area (Å²) in [5, 5.41) is 12.9. The van der Waals surface area contributed by atoms with Crippen molar-refractivity contribution in [3.63, 3.8) is 0 Å². The maximum Gasteiger partial charge on any atom is 0.226 e. The Labute approximate surface area is 133 Å². The van der Waals surface area contributed by atoms with E-state index in [9.17, 15) is 14.3 Å². The molecule has 0 saturated carbocycles. The van der Waals surface area contributed by atoms with Crippen LogP contribution in [0.3, 0.4) is 0 Å². The van der Waals surface area contributed by atoms with Crippen molar-refractivity contribution in [2.24, 2.45) is 0 Å². The largest absolute Gasteiger partial charge is 0.393 e. The first-order valence-corrected chi connectivity index (χ1v) is 7.38. The molecular weight excluding hydrogens is 295 g/mol. The lowest BCUT2D eigenvalue weighted by molar-refractivity contribution is -0.117. The minimum atomic E-state index is -0.666. The molecule has 1 aromatic heterocycles. The zero-order valence-electron chi connectivity index (χ0n) is 12.6. The van der Waals surface area contributed by atoms with Crippen LogP contribution in [0.5, 0.6) is 0 Å². The molecule has 1 heterocycles. The Kier molecular flexibility index (Phi) is 4.12. The molecule has 0 bridgehead atoms. The van der Waals surface area contributed by atoms with Crippen LogP contribution < -0.4 is 5.32 Å². The molecule has 0 fully saturated rings. The number of H-pyrrole nitrogens is 1. The van der Waals surface area contributed by atoms with Crippen LogP contribution in [0.1, 0.15) is 13.3 Å². The fourth-order valence-electron chi connectivity index (χ4n) is 2.55. The van der Waals surface area contributed by atoms with Gasteiger partial charge in [0.05, 0.1) is 12.5 Å². The lowest BCUT2D eigenvalue weighted by atomic mass is 10.0. The maximum absolute atomic E-state index is 13.2. The van der Waals surface area contributed by atoms with E-state index in [0.717, 1.165) is 22.0 Å². The van der Waals surface area contributed by atoms with Crippen LogP contribution in [0.15, 0.2) is 48.7 Å². The summed E-state index contributed by atoms with van der Waals surface area (Å²) >= 11 is 0. The number of aromatic amines is 1. The highest BCUT2D eigenvalue weighted by molar-refractivity contribution is 5.96. The molecule has 2 aromatic carbocycles. The molecule has 118 valence electrons. The quantitative estimate of drug-likeness (QED) is 0.688. The van der Waals surface area contributed by atoms with Gasteiger partial charge in [-0.25, -0.2) is 4.39 Å². The van der Waals surface area contributed by atoms with E-state index in [4.69, 9.17) is 0 Å². The molecular formula is C18H17FN2O2. The average Bonchev–Trinajstić information content (AvgIpc) is 2.90. The summed E-state index contributed by atoms with van der Waals surface area (Å²) in [4.78, 5) is 14.7. The highest BCUT2D eigenvalue weighted by Gasteiger charge is 2.09. The van der Waals surface area contributed by atoms with E-state index < -0.39 is 6.10 Å². The number of aliphatic hydroxyl groups excluding tert-OH is 1. The van der Waals surface area contributed by atoms with Gasteiger partial charge in [-0.15, -0.1) is 0 Å². The van der Waals surface area contributed by atoms with Crippen LogP contribution in [-0.2, 0) is 4.79 Å².